The Kier molecular flexibility index (Phi) is 16.9. The maximum Gasteiger partial charge on any atom is 0.236 e. The molecule has 0 aliphatic carbocycles. The second-order valence-corrected chi connectivity index (χ2v) is 6.86. The van der Waals surface area contributed by atoms with E-state index in [4.69, 9.17) is 15.2 Å². The molecule has 0 spiro atoms. The van der Waals surface area contributed by atoms with Crippen LogP contribution < -0.4 is 16.4 Å². The summed E-state index contributed by atoms with van der Waals surface area (Å²) in [6.45, 7) is 6.84. The van der Waals surface area contributed by atoms with Crippen LogP contribution in [0.15, 0.2) is 0 Å². The Morgan fingerprint density at radius 2 is 1.67 bits per heavy atom. The lowest BCUT2D eigenvalue weighted by Gasteiger charge is -2.12. The molecule has 0 fully saturated rings. The summed E-state index contributed by atoms with van der Waals surface area (Å²) in [4.78, 5) is 33.5. The van der Waals surface area contributed by atoms with E-state index in [2.05, 4.69) is 24.5 Å². The Bertz CT molecular complexity index is 405. The standard InChI is InChI=1S/C19H37N3O5/c1-16(2)7-8-18(24)21-9-4-3-6-17(20)19(25)22-10-13-27-15-14-26-12-5-11-23/h11,16-17H,3-10,12-15,20H2,1-2H3,(H,21,24)(H,22,25). The van der Waals surface area contributed by atoms with E-state index in [1.807, 2.05) is 0 Å². The molecular formula is C19H37N3O5. The molecule has 0 rings (SSSR count). The normalized spacial score (nSPS) is 12.0. The first kappa shape index (κ1) is 25.5. The van der Waals surface area contributed by atoms with Gasteiger partial charge in [-0.1, -0.05) is 13.8 Å². The fourth-order valence-electron chi connectivity index (χ4n) is 2.19. The first-order valence-corrected chi connectivity index (χ1v) is 9.86. The van der Waals surface area contributed by atoms with Crippen molar-refractivity contribution in [1.29, 1.82) is 0 Å². The van der Waals surface area contributed by atoms with Crippen LogP contribution in [0.5, 0.6) is 0 Å². The number of rotatable bonds is 18. The molecule has 0 bridgehead atoms. The van der Waals surface area contributed by atoms with Gasteiger partial charge in [-0.15, -0.1) is 0 Å². The Labute approximate surface area is 162 Å². The van der Waals surface area contributed by atoms with Crippen molar-refractivity contribution in [3.05, 3.63) is 0 Å². The lowest BCUT2D eigenvalue weighted by molar-refractivity contribution is -0.123. The number of amides is 2. The predicted octanol–water partition coefficient (Wildman–Crippen LogP) is 0.775. The van der Waals surface area contributed by atoms with Gasteiger partial charge >= 0.3 is 0 Å². The van der Waals surface area contributed by atoms with E-state index in [1.54, 1.807) is 0 Å². The van der Waals surface area contributed by atoms with E-state index in [9.17, 15) is 14.4 Å². The first-order valence-electron chi connectivity index (χ1n) is 9.86. The van der Waals surface area contributed by atoms with Gasteiger partial charge < -0.3 is 30.6 Å². The van der Waals surface area contributed by atoms with Crippen LogP contribution in [0, 0.1) is 5.92 Å². The van der Waals surface area contributed by atoms with E-state index >= 15 is 0 Å². The third-order valence-electron chi connectivity index (χ3n) is 3.85. The van der Waals surface area contributed by atoms with Gasteiger partial charge in [-0.3, -0.25) is 9.59 Å². The van der Waals surface area contributed by atoms with Gasteiger partial charge in [-0.2, -0.15) is 0 Å². The summed E-state index contributed by atoms with van der Waals surface area (Å²) in [5, 5.41) is 5.62. The molecule has 0 aromatic heterocycles. The molecule has 0 saturated carbocycles. The van der Waals surface area contributed by atoms with Crippen molar-refractivity contribution in [2.45, 2.75) is 58.4 Å². The topological polar surface area (TPSA) is 120 Å². The van der Waals surface area contributed by atoms with Gasteiger partial charge in [0, 0.05) is 25.9 Å². The van der Waals surface area contributed by atoms with Gasteiger partial charge in [0.05, 0.1) is 32.5 Å². The molecule has 0 heterocycles. The average Bonchev–Trinajstić information content (AvgIpc) is 2.64. The maximum atomic E-state index is 11.9. The quantitative estimate of drug-likeness (QED) is 0.236. The molecule has 1 unspecified atom stereocenters. The summed E-state index contributed by atoms with van der Waals surface area (Å²) in [5.74, 6) is 0.418. The summed E-state index contributed by atoms with van der Waals surface area (Å²) < 4.78 is 10.5. The van der Waals surface area contributed by atoms with Crippen molar-refractivity contribution >= 4 is 18.1 Å². The maximum absolute atomic E-state index is 11.9. The number of aldehydes is 1. The molecule has 27 heavy (non-hydrogen) atoms. The van der Waals surface area contributed by atoms with E-state index in [0.717, 1.165) is 25.5 Å². The fourth-order valence-corrected chi connectivity index (χ4v) is 2.19. The number of carbonyl (C=O) groups excluding carboxylic acids is 3. The molecule has 8 heteroatoms. The Balaban J connectivity index is 3.48. The highest BCUT2D eigenvalue weighted by Gasteiger charge is 2.12. The zero-order valence-electron chi connectivity index (χ0n) is 16.8. The van der Waals surface area contributed by atoms with Gasteiger partial charge in [0.15, 0.2) is 0 Å². The van der Waals surface area contributed by atoms with Gasteiger partial charge in [0.25, 0.3) is 0 Å². The van der Waals surface area contributed by atoms with Crippen molar-refractivity contribution in [1.82, 2.24) is 10.6 Å². The highest BCUT2D eigenvalue weighted by molar-refractivity contribution is 5.81. The molecule has 2 amide bonds. The SMILES string of the molecule is CC(C)CCC(=O)NCCCCC(N)C(=O)NCCOCCOCCC=O. The van der Waals surface area contributed by atoms with Gasteiger partial charge in [0.2, 0.25) is 11.8 Å². The summed E-state index contributed by atoms with van der Waals surface area (Å²) in [6, 6.07) is -0.548. The molecule has 0 aliphatic rings. The molecule has 0 aliphatic heterocycles. The minimum absolute atomic E-state index is 0.0832. The van der Waals surface area contributed by atoms with Crippen molar-refractivity contribution in [3.8, 4) is 0 Å². The van der Waals surface area contributed by atoms with Crippen molar-refractivity contribution in [2.24, 2.45) is 11.7 Å². The molecule has 8 nitrogen and oxygen atoms in total. The van der Waals surface area contributed by atoms with E-state index in [-0.39, 0.29) is 11.8 Å². The molecule has 4 N–H and O–H groups in total. The van der Waals surface area contributed by atoms with Crippen LogP contribution in [-0.4, -0.2) is 63.7 Å². The number of hydrogen-bond acceptors (Lipinski definition) is 6. The van der Waals surface area contributed by atoms with Crippen LogP contribution in [0.25, 0.3) is 0 Å². The minimum atomic E-state index is -0.548. The average molecular weight is 388 g/mol. The van der Waals surface area contributed by atoms with Crippen LogP contribution in [0.3, 0.4) is 0 Å². The third-order valence-corrected chi connectivity index (χ3v) is 3.85. The van der Waals surface area contributed by atoms with E-state index < -0.39 is 6.04 Å². The monoisotopic (exact) mass is 387 g/mol. The van der Waals surface area contributed by atoms with Crippen molar-refractivity contribution < 1.29 is 23.9 Å². The van der Waals surface area contributed by atoms with E-state index in [1.165, 1.54) is 0 Å². The van der Waals surface area contributed by atoms with Gasteiger partial charge in [-0.25, -0.2) is 0 Å². The number of unbranched alkanes of at least 4 members (excludes halogenated alkanes) is 1. The van der Waals surface area contributed by atoms with Crippen molar-refractivity contribution in [3.63, 3.8) is 0 Å². The Hall–Kier alpha value is -1.51. The van der Waals surface area contributed by atoms with Gasteiger partial charge in [0.1, 0.15) is 6.29 Å². The summed E-state index contributed by atoms with van der Waals surface area (Å²) in [7, 11) is 0. The van der Waals surface area contributed by atoms with Crippen LogP contribution >= 0.6 is 0 Å². The third kappa shape index (κ3) is 17.7. The summed E-state index contributed by atoms with van der Waals surface area (Å²) in [5.41, 5.74) is 5.86. The van der Waals surface area contributed by atoms with Crippen molar-refractivity contribution in [2.75, 3.05) is 39.5 Å². The predicted molar refractivity (Wildman–Crippen MR) is 104 cm³/mol. The molecule has 1 atom stereocenters. The summed E-state index contributed by atoms with van der Waals surface area (Å²) in [6.07, 6.45) is 4.83. The van der Waals surface area contributed by atoms with E-state index in [0.29, 0.717) is 64.7 Å². The largest absolute Gasteiger partial charge is 0.379 e. The molecule has 0 aromatic rings. The molecule has 0 saturated heterocycles. The first-order chi connectivity index (χ1) is 13.0. The number of hydrogen-bond donors (Lipinski definition) is 3. The zero-order valence-corrected chi connectivity index (χ0v) is 16.8. The minimum Gasteiger partial charge on any atom is -0.379 e. The van der Waals surface area contributed by atoms with Gasteiger partial charge in [-0.05, 0) is 31.6 Å². The molecule has 0 radical (unpaired) electrons. The lowest BCUT2D eigenvalue weighted by Crippen LogP contribution is -2.41. The highest BCUT2D eigenvalue weighted by atomic mass is 16.5. The zero-order chi connectivity index (χ0) is 20.3. The molecule has 158 valence electrons. The summed E-state index contributed by atoms with van der Waals surface area (Å²) >= 11 is 0. The number of carbonyl (C=O) groups is 3. The van der Waals surface area contributed by atoms with Crippen LogP contribution in [0.4, 0.5) is 0 Å². The lowest BCUT2D eigenvalue weighted by atomic mass is 10.1. The smallest absolute Gasteiger partial charge is 0.236 e. The van der Waals surface area contributed by atoms with Crippen LogP contribution in [-0.2, 0) is 23.9 Å². The second-order valence-electron chi connectivity index (χ2n) is 6.86. The Morgan fingerprint density at radius 3 is 2.33 bits per heavy atom. The second kappa shape index (κ2) is 17.9. The number of nitrogens with two attached hydrogens (primary N) is 1. The van der Waals surface area contributed by atoms with Crippen LogP contribution in [0.2, 0.25) is 0 Å². The Morgan fingerprint density at radius 1 is 0.963 bits per heavy atom. The fraction of sp³-hybridized carbons (Fsp3) is 0.842. The molecular weight excluding hydrogens is 350 g/mol. The van der Waals surface area contributed by atoms with Crippen LogP contribution in [0.1, 0.15) is 52.4 Å². The number of ether oxygens (including phenoxy) is 2. The molecule has 0 aromatic carbocycles. The highest BCUT2D eigenvalue weighted by Crippen LogP contribution is 2.03. The number of nitrogens with one attached hydrogen (secondary N) is 2.